The lowest BCUT2D eigenvalue weighted by molar-refractivity contribution is 0.294. The molecule has 1 aromatic rings. The van der Waals surface area contributed by atoms with E-state index >= 15 is 0 Å². The van der Waals surface area contributed by atoms with E-state index in [1.54, 1.807) is 7.11 Å². The largest absolute Gasteiger partial charge is 0.493 e. The molecular weight excluding hydrogens is 260 g/mol. The van der Waals surface area contributed by atoms with Gasteiger partial charge in [0.05, 0.1) is 13.7 Å². The van der Waals surface area contributed by atoms with Crippen molar-refractivity contribution in [1.82, 2.24) is 0 Å². The van der Waals surface area contributed by atoms with Crippen LogP contribution in [0.1, 0.15) is 49.1 Å². The second kappa shape index (κ2) is 6.38. The third-order valence-corrected chi connectivity index (χ3v) is 4.17. The normalized spacial score (nSPS) is 17.5. The molecule has 0 N–H and O–H groups in total. The summed E-state index contributed by atoms with van der Waals surface area (Å²) in [7, 11) is 1.73. The fraction of sp³-hybridized carbons (Fsp3) is 0.474. The van der Waals surface area contributed by atoms with Crippen molar-refractivity contribution in [2.75, 3.05) is 13.7 Å². The van der Waals surface area contributed by atoms with Gasteiger partial charge in [-0.15, -0.1) is 0 Å². The second-order valence-electron chi connectivity index (χ2n) is 6.02. The van der Waals surface area contributed by atoms with E-state index in [1.165, 1.54) is 36.0 Å². The lowest BCUT2D eigenvalue weighted by Gasteiger charge is -2.16. The number of rotatable bonds is 6. The Morgan fingerprint density at radius 1 is 1.19 bits per heavy atom. The minimum Gasteiger partial charge on any atom is -0.493 e. The van der Waals surface area contributed by atoms with Gasteiger partial charge in [-0.3, -0.25) is 0 Å². The molecule has 2 aliphatic rings. The van der Waals surface area contributed by atoms with E-state index in [2.05, 4.69) is 37.3 Å². The zero-order chi connectivity index (χ0) is 14.7. The van der Waals surface area contributed by atoms with Crippen LogP contribution in [-0.4, -0.2) is 13.7 Å². The first-order chi connectivity index (χ1) is 10.3. The number of benzene rings is 1. The molecule has 0 bridgehead atoms. The minimum atomic E-state index is 0.669. The van der Waals surface area contributed by atoms with Gasteiger partial charge in [-0.05, 0) is 55.7 Å². The van der Waals surface area contributed by atoms with Gasteiger partial charge in [0, 0.05) is 12.0 Å². The van der Waals surface area contributed by atoms with Crippen LogP contribution in [0.3, 0.4) is 0 Å². The maximum absolute atomic E-state index is 6.12. The van der Waals surface area contributed by atoms with E-state index in [0.29, 0.717) is 5.92 Å². The number of allylic oxidation sites excluding steroid dienone is 3. The molecule has 1 aromatic carbocycles. The average Bonchev–Trinajstić information content (AvgIpc) is 3.34. The third kappa shape index (κ3) is 3.49. The molecule has 0 amide bonds. The lowest BCUT2D eigenvalue weighted by atomic mass is 10.0. The Bertz CT molecular complexity index is 565. The summed E-state index contributed by atoms with van der Waals surface area (Å²) in [5.41, 5.74) is 3.97. The zero-order valence-electron chi connectivity index (χ0n) is 13.0. The summed E-state index contributed by atoms with van der Waals surface area (Å²) in [4.78, 5) is 0. The number of hydrogen-bond donors (Lipinski definition) is 0. The fourth-order valence-electron chi connectivity index (χ4n) is 2.89. The highest BCUT2D eigenvalue weighted by Gasteiger charge is 2.29. The molecule has 112 valence electrons. The molecule has 0 spiro atoms. The molecule has 2 nitrogen and oxygen atoms in total. The number of aryl methyl sites for hydroxylation is 1. The monoisotopic (exact) mass is 284 g/mol. The maximum atomic E-state index is 6.12. The standard InChI is InChI=1S/C19H24O2/c1-14-12-17(16-8-9-16)19(18(13-14)20-2)21-11-10-15-6-4-3-5-7-15/h4,6-7,12-13,16H,3,5,8-11H2,1-2H3. The van der Waals surface area contributed by atoms with Crippen molar-refractivity contribution in [1.29, 1.82) is 0 Å². The Balaban J connectivity index is 1.71. The topological polar surface area (TPSA) is 18.5 Å². The third-order valence-electron chi connectivity index (χ3n) is 4.17. The van der Waals surface area contributed by atoms with Crippen molar-refractivity contribution in [2.24, 2.45) is 0 Å². The van der Waals surface area contributed by atoms with Crippen LogP contribution in [0.2, 0.25) is 0 Å². The van der Waals surface area contributed by atoms with Crippen molar-refractivity contribution in [3.63, 3.8) is 0 Å². The molecule has 21 heavy (non-hydrogen) atoms. The van der Waals surface area contributed by atoms with Crippen LogP contribution < -0.4 is 9.47 Å². The van der Waals surface area contributed by atoms with Gasteiger partial charge >= 0.3 is 0 Å². The summed E-state index contributed by atoms with van der Waals surface area (Å²) < 4.78 is 11.7. The molecule has 0 atom stereocenters. The molecule has 3 rings (SSSR count). The van der Waals surface area contributed by atoms with Gasteiger partial charge in [-0.2, -0.15) is 0 Å². The molecule has 0 heterocycles. The van der Waals surface area contributed by atoms with E-state index in [0.717, 1.165) is 30.9 Å². The Labute approximate surface area is 127 Å². The van der Waals surface area contributed by atoms with E-state index in [4.69, 9.17) is 9.47 Å². The van der Waals surface area contributed by atoms with Gasteiger partial charge in [0.1, 0.15) is 0 Å². The Hall–Kier alpha value is -1.70. The van der Waals surface area contributed by atoms with Crippen molar-refractivity contribution in [3.05, 3.63) is 47.1 Å². The SMILES string of the molecule is COc1cc(C)cc(C2CC2)c1OCCC1=CCCC=C1. The van der Waals surface area contributed by atoms with Gasteiger partial charge in [0.15, 0.2) is 11.5 Å². The lowest BCUT2D eigenvalue weighted by Crippen LogP contribution is -2.04. The fourth-order valence-corrected chi connectivity index (χ4v) is 2.89. The molecule has 0 aliphatic heterocycles. The van der Waals surface area contributed by atoms with E-state index in [9.17, 15) is 0 Å². The van der Waals surface area contributed by atoms with Crippen LogP contribution in [0.15, 0.2) is 35.9 Å². The first-order valence-electron chi connectivity index (χ1n) is 7.95. The zero-order valence-corrected chi connectivity index (χ0v) is 13.0. The van der Waals surface area contributed by atoms with E-state index in [-0.39, 0.29) is 0 Å². The summed E-state index contributed by atoms with van der Waals surface area (Å²) >= 11 is 0. The Morgan fingerprint density at radius 2 is 2.05 bits per heavy atom. The average molecular weight is 284 g/mol. The van der Waals surface area contributed by atoms with Gasteiger partial charge in [-0.25, -0.2) is 0 Å². The van der Waals surface area contributed by atoms with Gasteiger partial charge in [-0.1, -0.05) is 24.3 Å². The molecular formula is C19H24O2. The summed E-state index contributed by atoms with van der Waals surface area (Å²) in [6.45, 7) is 2.84. The van der Waals surface area contributed by atoms with Crippen molar-refractivity contribution in [2.45, 2.75) is 44.9 Å². The minimum absolute atomic E-state index is 0.669. The maximum Gasteiger partial charge on any atom is 0.164 e. The van der Waals surface area contributed by atoms with Crippen LogP contribution >= 0.6 is 0 Å². The predicted molar refractivity (Wildman–Crippen MR) is 86.3 cm³/mol. The molecule has 2 aliphatic carbocycles. The highest BCUT2D eigenvalue weighted by molar-refractivity contribution is 5.52. The second-order valence-corrected chi connectivity index (χ2v) is 6.02. The van der Waals surface area contributed by atoms with Crippen LogP contribution in [-0.2, 0) is 0 Å². The van der Waals surface area contributed by atoms with E-state index < -0.39 is 0 Å². The van der Waals surface area contributed by atoms with Crippen LogP contribution in [0.5, 0.6) is 11.5 Å². The highest BCUT2D eigenvalue weighted by Crippen LogP contribution is 2.48. The summed E-state index contributed by atoms with van der Waals surface area (Å²) in [6, 6.07) is 4.33. The number of methoxy groups -OCH3 is 1. The predicted octanol–water partition coefficient (Wildman–Crippen LogP) is 4.93. The van der Waals surface area contributed by atoms with Crippen molar-refractivity contribution >= 4 is 0 Å². The number of ether oxygens (including phenoxy) is 2. The molecule has 0 aromatic heterocycles. The molecule has 1 saturated carbocycles. The van der Waals surface area contributed by atoms with Gasteiger partial charge < -0.3 is 9.47 Å². The van der Waals surface area contributed by atoms with E-state index in [1.807, 2.05) is 0 Å². The molecule has 2 heteroatoms. The van der Waals surface area contributed by atoms with Crippen LogP contribution in [0.4, 0.5) is 0 Å². The Morgan fingerprint density at radius 3 is 2.71 bits per heavy atom. The Kier molecular flexibility index (Phi) is 4.33. The smallest absolute Gasteiger partial charge is 0.164 e. The first-order valence-corrected chi connectivity index (χ1v) is 7.95. The van der Waals surface area contributed by atoms with Crippen LogP contribution in [0.25, 0.3) is 0 Å². The number of hydrogen-bond acceptors (Lipinski definition) is 2. The van der Waals surface area contributed by atoms with Crippen LogP contribution in [0, 0.1) is 6.92 Å². The quantitative estimate of drug-likeness (QED) is 0.737. The van der Waals surface area contributed by atoms with Gasteiger partial charge in [0.2, 0.25) is 0 Å². The molecule has 0 unspecified atom stereocenters. The highest BCUT2D eigenvalue weighted by atomic mass is 16.5. The molecule has 1 fully saturated rings. The van der Waals surface area contributed by atoms with Crippen molar-refractivity contribution < 1.29 is 9.47 Å². The van der Waals surface area contributed by atoms with Gasteiger partial charge in [0.25, 0.3) is 0 Å². The summed E-state index contributed by atoms with van der Waals surface area (Å²) in [6.07, 6.45) is 12.6. The summed E-state index contributed by atoms with van der Waals surface area (Å²) in [5.74, 6) is 2.51. The first kappa shape index (κ1) is 14.2. The molecule has 0 saturated heterocycles. The molecule has 0 radical (unpaired) electrons. The van der Waals surface area contributed by atoms with Crippen molar-refractivity contribution in [3.8, 4) is 11.5 Å². The summed E-state index contributed by atoms with van der Waals surface area (Å²) in [5, 5.41) is 0.